The third kappa shape index (κ3) is 3.05. The highest BCUT2D eigenvalue weighted by Crippen LogP contribution is 2.27. The fraction of sp³-hybridized carbons (Fsp3) is 0.125. The molecule has 0 fully saturated rings. The normalized spacial score (nSPS) is 11.2. The molecular weight excluding hydrogens is 326 g/mol. The molecule has 0 atom stereocenters. The Morgan fingerprint density at radius 2 is 1.88 bits per heavy atom. The van der Waals surface area contributed by atoms with E-state index in [1.807, 2.05) is 35.9 Å². The van der Waals surface area contributed by atoms with Crippen molar-refractivity contribution in [1.29, 1.82) is 0 Å². The summed E-state index contributed by atoms with van der Waals surface area (Å²) in [6.07, 6.45) is 1.75. The van der Waals surface area contributed by atoms with Gasteiger partial charge in [0.05, 0.1) is 17.1 Å². The second kappa shape index (κ2) is 6.27. The first-order valence-electron chi connectivity index (χ1n) is 7.18. The van der Waals surface area contributed by atoms with Gasteiger partial charge < -0.3 is 4.57 Å². The smallest absolute Gasteiger partial charge is 0.261 e. The van der Waals surface area contributed by atoms with Gasteiger partial charge in [-0.1, -0.05) is 35.4 Å². The number of para-hydroxylation sites is 1. The monoisotopic (exact) mass is 341 g/mol. The first-order valence-corrected chi connectivity index (χ1v) is 8.66. The number of nitrogens with one attached hydrogen (secondary N) is 1. The predicted molar refractivity (Wildman–Crippen MR) is 93.0 cm³/mol. The number of anilines is 1. The van der Waals surface area contributed by atoms with Crippen LogP contribution >= 0.6 is 0 Å². The number of aromatic nitrogens is 1. The Labute approximate surface area is 139 Å². The van der Waals surface area contributed by atoms with Gasteiger partial charge in [-0.2, -0.15) is 0 Å². The van der Waals surface area contributed by atoms with Crippen molar-refractivity contribution in [1.82, 2.24) is 4.57 Å². The molecule has 24 heavy (non-hydrogen) atoms. The van der Waals surface area contributed by atoms with Gasteiger partial charge in [-0.05, 0) is 29.3 Å². The highest BCUT2D eigenvalue weighted by atomic mass is 32.2. The van der Waals surface area contributed by atoms with E-state index in [2.05, 4.69) is 14.7 Å². The summed E-state index contributed by atoms with van der Waals surface area (Å²) in [5.74, 6) is 0. The first kappa shape index (κ1) is 15.9. The standard InChI is InChI=1S/C16H15N5O2S/c1-21-11-15(14-4-2-3-5-16(14)21)19-24(22,23)13-8-6-12(7-9-13)10-18-20-17/h2-9,11,19H,10H2,1H3. The molecule has 0 bridgehead atoms. The molecule has 0 aliphatic carbocycles. The highest BCUT2D eigenvalue weighted by Gasteiger charge is 2.16. The number of aryl methyl sites for hydroxylation is 1. The zero-order valence-corrected chi connectivity index (χ0v) is 13.7. The first-order chi connectivity index (χ1) is 11.5. The zero-order chi connectivity index (χ0) is 17.2. The third-order valence-electron chi connectivity index (χ3n) is 3.69. The van der Waals surface area contributed by atoms with Crippen molar-refractivity contribution in [3.05, 3.63) is 70.7 Å². The molecule has 1 heterocycles. The molecule has 7 nitrogen and oxygen atoms in total. The van der Waals surface area contributed by atoms with Crippen molar-refractivity contribution >= 4 is 26.6 Å². The van der Waals surface area contributed by atoms with E-state index >= 15 is 0 Å². The number of sulfonamides is 1. The minimum atomic E-state index is -3.70. The van der Waals surface area contributed by atoms with Gasteiger partial charge in [0.1, 0.15) is 0 Å². The molecule has 3 rings (SSSR count). The Bertz CT molecular complexity index is 1030. The molecule has 3 aromatic rings. The van der Waals surface area contributed by atoms with Crippen molar-refractivity contribution in [3.63, 3.8) is 0 Å². The number of benzene rings is 2. The molecular formula is C16H15N5O2S. The van der Waals surface area contributed by atoms with Crippen molar-refractivity contribution in [2.24, 2.45) is 12.2 Å². The van der Waals surface area contributed by atoms with Crippen molar-refractivity contribution in [2.75, 3.05) is 4.72 Å². The van der Waals surface area contributed by atoms with Crippen LogP contribution in [-0.4, -0.2) is 13.0 Å². The minimum absolute atomic E-state index is 0.153. The Morgan fingerprint density at radius 3 is 2.58 bits per heavy atom. The largest absolute Gasteiger partial charge is 0.348 e. The van der Waals surface area contributed by atoms with Gasteiger partial charge in [-0.3, -0.25) is 4.72 Å². The van der Waals surface area contributed by atoms with E-state index in [1.54, 1.807) is 18.3 Å². The molecule has 0 aliphatic heterocycles. The molecule has 0 spiro atoms. The van der Waals surface area contributed by atoms with Crippen LogP contribution in [0.5, 0.6) is 0 Å². The molecule has 0 radical (unpaired) electrons. The van der Waals surface area contributed by atoms with E-state index in [9.17, 15) is 8.42 Å². The maximum absolute atomic E-state index is 12.6. The van der Waals surface area contributed by atoms with Crippen LogP contribution < -0.4 is 4.72 Å². The van der Waals surface area contributed by atoms with E-state index in [0.717, 1.165) is 16.5 Å². The molecule has 1 aromatic heterocycles. The second-order valence-corrected chi connectivity index (χ2v) is 6.99. The van der Waals surface area contributed by atoms with Crippen molar-refractivity contribution < 1.29 is 8.42 Å². The molecule has 0 saturated heterocycles. The number of rotatable bonds is 5. The van der Waals surface area contributed by atoms with Crippen LogP contribution in [0.15, 0.2) is 64.7 Å². The number of azide groups is 1. The lowest BCUT2D eigenvalue weighted by Crippen LogP contribution is -2.12. The zero-order valence-electron chi connectivity index (χ0n) is 12.9. The average molecular weight is 341 g/mol. The topological polar surface area (TPSA) is 99.9 Å². The van der Waals surface area contributed by atoms with Crippen LogP contribution in [0.1, 0.15) is 5.56 Å². The fourth-order valence-electron chi connectivity index (χ4n) is 2.51. The third-order valence-corrected chi connectivity index (χ3v) is 5.07. The van der Waals surface area contributed by atoms with Crippen molar-refractivity contribution in [2.45, 2.75) is 11.4 Å². The lowest BCUT2D eigenvalue weighted by Gasteiger charge is -2.07. The summed E-state index contributed by atoms with van der Waals surface area (Å²) in [4.78, 5) is 2.83. The van der Waals surface area contributed by atoms with E-state index in [-0.39, 0.29) is 11.4 Å². The Balaban J connectivity index is 1.91. The molecule has 122 valence electrons. The summed E-state index contributed by atoms with van der Waals surface area (Å²) < 4.78 is 29.7. The lowest BCUT2D eigenvalue weighted by atomic mass is 10.2. The van der Waals surface area contributed by atoms with Gasteiger partial charge in [0.25, 0.3) is 10.0 Å². The molecule has 0 amide bonds. The van der Waals surface area contributed by atoms with Crippen LogP contribution in [0.2, 0.25) is 0 Å². The second-order valence-electron chi connectivity index (χ2n) is 5.31. The minimum Gasteiger partial charge on any atom is -0.348 e. The summed E-state index contributed by atoms with van der Waals surface area (Å²) in [6.45, 7) is 0.188. The maximum Gasteiger partial charge on any atom is 0.261 e. The van der Waals surface area contributed by atoms with E-state index in [1.165, 1.54) is 12.1 Å². The molecule has 1 N–H and O–H groups in total. The van der Waals surface area contributed by atoms with E-state index in [4.69, 9.17) is 5.53 Å². The van der Waals surface area contributed by atoms with Crippen molar-refractivity contribution in [3.8, 4) is 0 Å². The summed E-state index contributed by atoms with van der Waals surface area (Å²) in [6, 6.07) is 13.8. The molecule has 0 unspecified atom stereocenters. The maximum atomic E-state index is 12.6. The fourth-order valence-corrected chi connectivity index (χ4v) is 3.58. The van der Waals surface area contributed by atoms with Crippen LogP contribution in [0.25, 0.3) is 21.3 Å². The summed E-state index contributed by atoms with van der Waals surface area (Å²) >= 11 is 0. The number of hydrogen-bond donors (Lipinski definition) is 1. The van der Waals surface area contributed by atoms with Crippen LogP contribution in [0.3, 0.4) is 0 Å². The molecule has 2 aromatic carbocycles. The predicted octanol–water partition coefficient (Wildman–Crippen LogP) is 3.79. The van der Waals surface area contributed by atoms with E-state index < -0.39 is 10.0 Å². The van der Waals surface area contributed by atoms with Crippen LogP contribution in [0.4, 0.5) is 5.69 Å². The summed E-state index contributed by atoms with van der Waals surface area (Å²) in [5, 5.41) is 4.29. The van der Waals surface area contributed by atoms with E-state index in [0.29, 0.717) is 5.69 Å². The quantitative estimate of drug-likeness (QED) is 0.434. The van der Waals surface area contributed by atoms with Gasteiger partial charge in [0, 0.05) is 29.1 Å². The number of nitrogens with zero attached hydrogens (tertiary/aromatic N) is 4. The lowest BCUT2D eigenvalue weighted by molar-refractivity contribution is 0.601. The van der Waals surface area contributed by atoms with Gasteiger partial charge >= 0.3 is 0 Å². The molecule has 8 heteroatoms. The Morgan fingerprint density at radius 1 is 1.17 bits per heavy atom. The molecule has 0 saturated carbocycles. The average Bonchev–Trinajstić information content (AvgIpc) is 2.89. The van der Waals surface area contributed by atoms with Crippen LogP contribution in [0, 0.1) is 0 Å². The van der Waals surface area contributed by atoms with Gasteiger partial charge in [0.15, 0.2) is 0 Å². The van der Waals surface area contributed by atoms with Gasteiger partial charge in [0.2, 0.25) is 0 Å². The SMILES string of the molecule is Cn1cc(NS(=O)(=O)c2ccc(CN=[N+]=[N-])cc2)c2ccccc21. The highest BCUT2D eigenvalue weighted by molar-refractivity contribution is 7.92. The Kier molecular flexibility index (Phi) is 4.16. The van der Waals surface area contributed by atoms with Gasteiger partial charge in [-0.15, -0.1) is 0 Å². The summed E-state index contributed by atoms with van der Waals surface area (Å²) in [7, 11) is -1.83. The number of hydrogen-bond acceptors (Lipinski definition) is 3. The van der Waals surface area contributed by atoms with Gasteiger partial charge in [-0.25, -0.2) is 8.42 Å². The number of fused-ring (bicyclic) bond motifs is 1. The summed E-state index contributed by atoms with van der Waals surface area (Å²) in [5.41, 5.74) is 10.5. The Hall–Kier alpha value is -2.96. The van der Waals surface area contributed by atoms with Crippen LogP contribution in [-0.2, 0) is 23.6 Å². The molecule has 0 aliphatic rings.